The van der Waals surface area contributed by atoms with Crippen molar-refractivity contribution >= 4 is 5.91 Å². The minimum absolute atomic E-state index is 0.290. The van der Waals surface area contributed by atoms with Crippen LogP contribution in [-0.2, 0) is 13.5 Å². The van der Waals surface area contributed by atoms with Crippen LogP contribution >= 0.6 is 0 Å². The van der Waals surface area contributed by atoms with Crippen molar-refractivity contribution in [2.75, 3.05) is 0 Å². The Labute approximate surface area is 148 Å². The van der Waals surface area contributed by atoms with Gasteiger partial charge in [-0.1, -0.05) is 31.2 Å². The van der Waals surface area contributed by atoms with Crippen LogP contribution in [0.1, 0.15) is 59.7 Å². The zero-order valence-electron chi connectivity index (χ0n) is 14.4. The van der Waals surface area contributed by atoms with Gasteiger partial charge in [0.15, 0.2) is 0 Å². The van der Waals surface area contributed by atoms with Crippen LogP contribution in [0.3, 0.4) is 0 Å². The molecule has 4 nitrogen and oxygen atoms in total. The molecule has 0 saturated heterocycles. The third kappa shape index (κ3) is 3.20. The lowest BCUT2D eigenvalue weighted by atomic mass is 10.0. The normalized spacial score (nSPS) is 15.3. The Balaban J connectivity index is 2.03. The number of alkyl halides is 3. The van der Waals surface area contributed by atoms with Crippen molar-refractivity contribution in [3.8, 4) is 0 Å². The van der Waals surface area contributed by atoms with Gasteiger partial charge in [-0.2, -0.15) is 9.49 Å². The Bertz CT molecular complexity index is 817. The highest BCUT2D eigenvalue weighted by molar-refractivity contribution is 5.96. The van der Waals surface area contributed by atoms with Gasteiger partial charge >= 0.3 is 0 Å². The summed E-state index contributed by atoms with van der Waals surface area (Å²) < 4.78 is 56.6. The molecule has 1 atom stereocenters. The molecule has 0 spiro atoms. The van der Waals surface area contributed by atoms with Crippen LogP contribution in [-0.4, -0.2) is 26.6 Å². The third-order valence-corrected chi connectivity index (χ3v) is 4.54. The largest absolute Gasteiger partial charge is 0.301 e. The molecule has 1 aliphatic carbocycles. The van der Waals surface area contributed by atoms with Gasteiger partial charge in [0.1, 0.15) is 11.3 Å². The van der Waals surface area contributed by atoms with Gasteiger partial charge in [-0.15, -0.1) is 0 Å². The number of carbonyl (C=O) groups is 1. The topological polar surface area (TPSA) is 38.1 Å². The van der Waals surface area contributed by atoms with Crippen molar-refractivity contribution < 1.29 is 22.4 Å². The fourth-order valence-electron chi connectivity index (χ4n) is 3.05. The van der Waals surface area contributed by atoms with E-state index in [9.17, 15) is 18.0 Å². The van der Waals surface area contributed by atoms with E-state index in [0.717, 1.165) is 11.9 Å². The van der Waals surface area contributed by atoms with Crippen molar-refractivity contribution in [1.29, 1.82) is 0 Å². The highest BCUT2D eigenvalue weighted by Gasteiger charge is 2.42. The Morgan fingerprint density at radius 1 is 1.31 bits per heavy atom. The maximum atomic E-state index is 15.3. The molecule has 1 amide bonds. The minimum atomic E-state index is -3.13. The van der Waals surface area contributed by atoms with Crippen LogP contribution in [0.15, 0.2) is 24.3 Å². The molecule has 1 heterocycles. The zero-order chi connectivity index (χ0) is 19.0. The third-order valence-electron chi connectivity index (χ3n) is 4.54. The van der Waals surface area contributed by atoms with Crippen LogP contribution in [0.25, 0.3) is 0 Å². The summed E-state index contributed by atoms with van der Waals surface area (Å²) >= 11 is 0. The van der Waals surface area contributed by atoms with Gasteiger partial charge in [0.25, 0.3) is 12.3 Å². The highest BCUT2D eigenvalue weighted by Crippen LogP contribution is 2.39. The monoisotopic (exact) mass is 369 g/mol. The predicted octanol–water partition coefficient (Wildman–Crippen LogP) is 4.33. The van der Waals surface area contributed by atoms with Crippen molar-refractivity contribution in [3.63, 3.8) is 0 Å². The second-order valence-electron chi connectivity index (χ2n) is 6.31. The molecular weight excluding hydrogens is 350 g/mol. The van der Waals surface area contributed by atoms with Gasteiger partial charge in [0.2, 0.25) is 12.2 Å². The number of benzene rings is 1. The Hall–Kier alpha value is -2.38. The first-order chi connectivity index (χ1) is 12.4. The molecule has 1 saturated carbocycles. The lowest BCUT2D eigenvalue weighted by Crippen LogP contribution is -2.36. The van der Waals surface area contributed by atoms with E-state index in [1.54, 1.807) is 24.3 Å². The average molecular weight is 369 g/mol. The standard InChI is InChI=1S/C18H19F4N3O/c1-3-10-6-4-5-7-12(10)16(21)25(11-8-9-11)18(26)13-14(15(19)20)23-24(2)17(13)22/h4-7,11,15-16H,3,8-9H2,1-2H3. The van der Waals surface area contributed by atoms with Gasteiger partial charge in [0.05, 0.1) is 0 Å². The number of nitrogens with zero attached hydrogens (tertiary/aromatic N) is 3. The summed E-state index contributed by atoms with van der Waals surface area (Å²) in [6.07, 6.45) is -3.33. The fourth-order valence-corrected chi connectivity index (χ4v) is 3.05. The molecule has 1 aromatic carbocycles. The number of hydrogen-bond acceptors (Lipinski definition) is 2. The number of hydrogen-bond donors (Lipinski definition) is 0. The fraction of sp³-hybridized carbons (Fsp3) is 0.444. The molecule has 1 aromatic heterocycles. The molecule has 0 aliphatic heterocycles. The van der Waals surface area contributed by atoms with Gasteiger partial charge in [-0.25, -0.2) is 17.9 Å². The summed E-state index contributed by atoms with van der Waals surface area (Å²) in [6.45, 7) is 1.85. The predicted molar refractivity (Wildman–Crippen MR) is 87.0 cm³/mol. The number of amides is 1. The molecule has 1 unspecified atom stereocenters. The van der Waals surface area contributed by atoms with Crippen LogP contribution in [0.2, 0.25) is 0 Å². The maximum Gasteiger partial charge on any atom is 0.283 e. The average Bonchev–Trinajstić information content (AvgIpc) is 3.40. The molecule has 0 bridgehead atoms. The van der Waals surface area contributed by atoms with Crippen molar-refractivity contribution in [3.05, 3.63) is 52.6 Å². The minimum Gasteiger partial charge on any atom is -0.301 e. The number of aromatic nitrogens is 2. The first-order valence-electron chi connectivity index (χ1n) is 8.41. The lowest BCUT2D eigenvalue weighted by Gasteiger charge is -2.28. The van der Waals surface area contributed by atoms with E-state index in [0.29, 0.717) is 29.5 Å². The van der Waals surface area contributed by atoms with Crippen molar-refractivity contribution in [2.45, 2.75) is 44.9 Å². The molecule has 0 radical (unpaired) electrons. The van der Waals surface area contributed by atoms with E-state index in [4.69, 9.17) is 0 Å². The van der Waals surface area contributed by atoms with E-state index < -0.39 is 41.9 Å². The second-order valence-corrected chi connectivity index (χ2v) is 6.31. The van der Waals surface area contributed by atoms with E-state index in [1.807, 2.05) is 6.92 Å². The number of carbonyl (C=O) groups excluding carboxylic acids is 1. The molecule has 8 heteroatoms. The van der Waals surface area contributed by atoms with Crippen molar-refractivity contribution in [1.82, 2.24) is 14.7 Å². The SMILES string of the molecule is CCc1ccccc1C(F)N(C(=O)c1c(C(F)F)nn(C)c1F)C1CC1. The lowest BCUT2D eigenvalue weighted by molar-refractivity contribution is 0.0409. The maximum absolute atomic E-state index is 15.3. The van der Waals surface area contributed by atoms with Crippen LogP contribution in [0, 0.1) is 5.95 Å². The molecule has 3 rings (SSSR count). The van der Waals surface area contributed by atoms with Crippen LogP contribution in [0.4, 0.5) is 17.6 Å². The summed E-state index contributed by atoms with van der Waals surface area (Å²) in [7, 11) is 1.12. The van der Waals surface area contributed by atoms with E-state index in [-0.39, 0.29) is 5.56 Å². The summed E-state index contributed by atoms with van der Waals surface area (Å²) in [4.78, 5) is 13.7. The Kier molecular flexibility index (Phi) is 5.02. The number of halogens is 4. The molecular formula is C18H19F4N3O. The Morgan fingerprint density at radius 2 is 1.96 bits per heavy atom. The van der Waals surface area contributed by atoms with Gasteiger partial charge in [-0.05, 0) is 24.8 Å². The zero-order valence-corrected chi connectivity index (χ0v) is 14.4. The smallest absolute Gasteiger partial charge is 0.283 e. The van der Waals surface area contributed by atoms with Gasteiger partial charge in [0, 0.05) is 18.7 Å². The number of aryl methyl sites for hydroxylation is 2. The van der Waals surface area contributed by atoms with E-state index in [2.05, 4.69) is 5.10 Å². The first kappa shape index (κ1) is 18.4. The Morgan fingerprint density at radius 3 is 2.54 bits per heavy atom. The molecule has 1 fully saturated rings. The van der Waals surface area contributed by atoms with Gasteiger partial charge < -0.3 is 4.90 Å². The summed E-state index contributed by atoms with van der Waals surface area (Å²) in [5, 5.41) is 3.38. The van der Waals surface area contributed by atoms with Crippen LogP contribution in [0.5, 0.6) is 0 Å². The van der Waals surface area contributed by atoms with E-state index >= 15 is 4.39 Å². The molecule has 2 aromatic rings. The summed E-state index contributed by atoms with van der Waals surface area (Å²) in [5.41, 5.74) is -0.819. The summed E-state index contributed by atoms with van der Waals surface area (Å²) in [6, 6.07) is 6.26. The first-order valence-corrected chi connectivity index (χ1v) is 8.41. The number of rotatable bonds is 6. The molecule has 0 N–H and O–H groups in total. The van der Waals surface area contributed by atoms with E-state index in [1.165, 1.54) is 0 Å². The molecule has 26 heavy (non-hydrogen) atoms. The summed E-state index contributed by atoms with van der Waals surface area (Å²) in [5.74, 6) is -2.28. The van der Waals surface area contributed by atoms with Crippen molar-refractivity contribution in [2.24, 2.45) is 7.05 Å². The highest BCUT2D eigenvalue weighted by atomic mass is 19.3. The van der Waals surface area contributed by atoms with Gasteiger partial charge in [-0.3, -0.25) is 4.79 Å². The van der Waals surface area contributed by atoms with Crippen LogP contribution < -0.4 is 0 Å². The molecule has 140 valence electrons. The molecule has 1 aliphatic rings. The quantitative estimate of drug-likeness (QED) is 0.561. The second kappa shape index (κ2) is 7.09.